The van der Waals surface area contributed by atoms with Crippen LogP contribution in [0.2, 0.25) is 0 Å². The number of hydrogen-bond donors (Lipinski definition) is 0. The molecule has 0 unspecified atom stereocenters. The predicted octanol–water partition coefficient (Wildman–Crippen LogP) is 5.21. The summed E-state index contributed by atoms with van der Waals surface area (Å²) in [5.74, 6) is 0. The van der Waals surface area contributed by atoms with Gasteiger partial charge in [-0.1, -0.05) is 66.7 Å². The van der Waals surface area contributed by atoms with Crippen LogP contribution in [0.5, 0.6) is 0 Å². The van der Waals surface area contributed by atoms with E-state index in [1.807, 2.05) is 35.7 Å². The first-order valence-electron chi connectivity index (χ1n) is 9.89. The lowest BCUT2D eigenvalue weighted by molar-refractivity contribution is 0.315. The fourth-order valence-electron chi connectivity index (χ4n) is 3.84. The Hall–Kier alpha value is -3.28. The summed E-state index contributed by atoms with van der Waals surface area (Å²) in [6.07, 6.45) is 0. The zero-order valence-electron chi connectivity index (χ0n) is 16.7. The van der Waals surface area contributed by atoms with Crippen molar-refractivity contribution >= 4 is 27.1 Å². The maximum absolute atomic E-state index is 12.9. The van der Waals surface area contributed by atoms with E-state index in [9.17, 15) is 4.79 Å². The van der Waals surface area contributed by atoms with Gasteiger partial charge in [-0.3, -0.25) is 14.1 Å². The third-order valence-electron chi connectivity index (χ3n) is 5.23. The van der Waals surface area contributed by atoms with Crippen LogP contribution in [0.1, 0.15) is 11.3 Å². The van der Waals surface area contributed by atoms with Crippen LogP contribution in [0.3, 0.4) is 0 Å². The average Bonchev–Trinajstić information content (AvgIpc) is 3.19. The molecule has 148 valence electrons. The molecule has 4 nitrogen and oxygen atoms in total. The molecular formula is C25H21N3OS. The quantitative estimate of drug-likeness (QED) is 0.398. The molecule has 0 fully saturated rings. The smallest absolute Gasteiger partial charge is 0.259 e. The Kier molecular flexibility index (Phi) is 4.91. The number of aromatic nitrogens is 2. The predicted molar refractivity (Wildman–Crippen MR) is 124 cm³/mol. The number of hydrogen-bond acceptors (Lipinski definition) is 4. The molecule has 3 aromatic carbocycles. The highest BCUT2D eigenvalue weighted by molar-refractivity contribution is 7.15. The summed E-state index contributed by atoms with van der Waals surface area (Å²) in [7, 11) is 2.06. The van der Waals surface area contributed by atoms with Crippen molar-refractivity contribution in [3.63, 3.8) is 0 Å². The molecule has 0 aliphatic carbocycles. The van der Waals surface area contributed by atoms with E-state index in [1.165, 1.54) is 27.7 Å². The Morgan fingerprint density at radius 3 is 2.50 bits per heavy atom. The summed E-state index contributed by atoms with van der Waals surface area (Å²) in [6.45, 7) is 1.42. The number of rotatable bonds is 5. The van der Waals surface area contributed by atoms with Crippen LogP contribution in [-0.2, 0) is 13.1 Å². The number of nitrogens with zero attached hydrogens (tertiary/aromatic N) is 3. The van der Waals surface area contributed by atoms with E-state index in [2.05, 4.69) is 54.4 Å². The Balaban J connectivity index is 1.39. The lowest BCUT2D eigenvalue weighted by atomic mass is 10.1. The van der Waals surface area contributed by atoms with E-state index in [1.54, 1.807) is 10.5 Å². The molecule has 0 bridgehead atoms. The van der Waals surface area contributed by atoms with Gasteiger partial charge < -0.3 is 0 Å². The van der Waals surface area contributed by atoms with Gasteiger partial charge >= 0.3 is 0 Å². The van der Waals surface area contributed by atoms with Gasteiger partial charge in [0, 0.05) is 24.5 Å². The number of fused-ring (bicyclic) bond motifs is 2. The minimum atomic E-state index is -0.0331. The third-order valence-corrected chi connectivity index (χ3v) is 6.05. The summed E-state index contributed by atoms with van der Waals surface area (Å²) in [6, 6.07) is 26.5. The van der Waals surface area contributed by atoms with Crippen molar-refractivity contribution in [1.82, 2.24) is 14.3 Å². The Labute approximate surface area is 178 Å². The first-order chi connectivity index (χ1) is 14.7. The standard InChI is InChI=1S/C25H21N3OS/c1-27(15-18-11-12-19-7-5-6-10-21(19)13-18)16-22-14-24(29)28-23(17-30-25(28)26-22)20-8-3-2-4-9-20/h2-14,17H,15-16H2,1H3. The Morgan fingerprint density at radius 1 is 0.900 bits per heavy atom. The molecule has 0 saturated heterocycles. The van der Waals surface area contributed by atoms with Crippen LogP contribution in [0.15, 0.2) is 89.0 Å². The van der Waals surface area contributed by atoms with Crippen LogP contribution < -0.4 is 5.56 Å². The van der Waals surface area contributed by atoms with Gasteiger partial charge in [0.25, 0.3) is 5.56 Å². The molecule has 30 heavy (non-hydrogen) atoms. The molecule has 5 rings (SSSR count). The first kappa shape index (κ1) is 18.7. The van der Waals surface area contributed by atoms with Crippen molar-refractivity contribution in [2.24, 2.45) is 0 Å². The Morgan fingerprint density at radius 2 is 1.67 bits per heavy atom. The first-order valence-corrected chi connectivity index (χ1v) is 10.8. The van der Waals surface area contributed by atoms with Crippen molar-refractivity contribution in [3.8, 4) is 11.3 Å². The highest BCUT2D eigenvalue weighted by Crippen LogP contribution is 2.24. The second-order valence-electron chi connectivity index (χ2n) is 7.54. The second-order valence-corrected chi connectivity index (χ2v) is 8.38. The maximum atomic E-state index is 12.9. The summed E-state index contributed by atoms with van der Waals surface area (Å²) >= 11 is 1.50. The van der Waals surface area contributed by atoms with E-state index in [4.69, 9.17) is 4.98 Å². The highest BCUT2D eigenvalue weighted by Gasteiger charge is 2.12. The zero-order valence-corrected chi connectivity index (χ0v) is 17.5. The zero-order chi connectivity index (χ0) is 20.5. The molecule has 2 aromatic heterocycles. The summed E-state index contributed by atoms with van der Waals surface area (Å²) < 4.78 is 1.70. The van der Waals surface area contributed by atoms with Gasteiger partial charge in [0.1, 0.15) is 0 Å². The normalized spacial score (nSPS) is 11.5. The molecule has 0 radical (unpaired) electrons. The molecule has 0 N–H and O–H groups in total. The van der Waals surface area contributed by atoms with Crippen molar-refractivity contribution in [3.05, 3.63) is 106 Å². The molecule has 0 atom stereocenters. The summed E-state index contributed by atoms with van der Waals surface area (Å²) in [4.78, 5) is 20.5. The van der Waals surface area contributed by atoms with Crippen LogP contribution in [0.25, 0.3) is 27.0 Å². The third kappa shape index (κ3) is 3.65. The van der Waals surface area contributed by atoms with Crippen LogP contribution in [-0.4, -0.2) is 21.3 Å². The van der Waals surface area contributed by atoms with Gasteiger partial charge in [-0.25, -0.2) is 4.98 Å². The lowest BCUT2D eigenvalue weighted by Crippen LogP contribution is -2.21. The van der Waals surface area contributed by atoms with E-state index in [0.717, 1.165) is 28.5 Å². The average molecular weight is 412 g/mol. The Bertz CT molecular complexity index is 1390. The molecule has 5 heteroatoms. The highest BCUT2D eigenvalue weighted by atomic mass is 32.1. The van der Waals surface area contributed by atoms with Gasteiger partial charge in [-0.15, -0.1) is 11.3 Å². The van der Waals surface area contributed by atoms with Crippen molar-refractivity contribution in [2.45, 2.75) is 13.1 Å². The van der Waals surface area contributed by atoms with Crippen LogP contribution in [0.4, 0.5) is 0 Å². The summed E-state index contributed by atoms with van der Waals surface area (Å²) in [5, 5.41) is 4.49. The molecule has 0 aliphatic heterocycles. The van der Waals surface area contributed by atoms with E-state index >= 15 is 0 Å². The van der Waals surface area contributed by atoms with E-state index in [-0.39, 0.29) is 5.56 Å². The van der Waals surface area contributed by atoms with Crippen LogP contribution in [0, 0.1) is 0 Å². The van der Waals surface area contributed by atoms with Gasteiger partial charge in [0.2, 0.25) is 0 Å². The topological polar surface area (TPSA) is 37.6 Å². The maximum Gasteiger partial charge on any atom is 0.259 e. The van der Waals surface area contributed by atoms with Gasteiger partial charge in [-0.05, 0) is 35.0 Å². The van der Waals surface area contributed by atoms with Crippen molar-refractivity contribution in [1.29, 1.82) is 0 Å². The lowest BCUT2D eigenvalue weighted by Gasteiger charge is -2.16. The second kappa shape index (κ2) is 7.86. The molecule has 0 saturated carbocycles. The number of benzene rings is 3. The molecule has 0 aliphatic rings. The minimum Gasteiger partial charge on any atom is -0.296 e. The van der Waals surface area contributed by atoms with Crippen LogP contribution >= 0.6 is 11.3 Å². The minimum absolute atomic E-state index is 0.0331. The van der Waals surface area contributed by atoms with Gasteiger partial charge in [0.05, 0.1) is 11.4 Å². The largest absolute Gasteiger partial charge is 0.296 e. The van der Waals surface area contributed by atoms with Gasteiger partial charge in [0.15, 0.2) is 4.96 Å². The molecule has 2 heterocycles. The molecule has 5 aromatic rings. The van der Waals surface area contributed by atoms with E-state index in [0.29, 0.717) is 6.54 Å². The van der Waals surface area contributed by atoms with Crippen molar-refractivity contribution < 1.29 is 0 Å². The monoisotopic (exact) mass is 411 g/mol. The van der Waals surface area contributed by atoms with Gasteiger partial charge in [-0.2, -0.15) is 0 Å². The fraction of sp³-hybridized carbons (Fsp3) is 0.120. The summed E-state index contributed by atoms with van der Waals surface area (Å²) in [5.41, 5.74) is 3.92. The van der Waals surface area contributed by atoms with E-state index < -0.39 is 0 Å². The number of thiazole rings is 1. The molecule has 0 spiro atoms. The van der Waals surface area contributed by atoms with Crippen molar-refractivity contribution in [2.75, 3.05) is 7.05 Å². The molecular weight excluding hydrogens is 390 g/mol. The molecule has 0 amide bonds. The SMILES string of the molecule is CN(Cc1ccc2ccccc2c1)Cc1cc(=O)n2c(-c3ccccc3)csc2n1. The fourth-order valence-corrected chi connectivity index (χ4v) is 4.76.